The lowest BCUT2D eigenvalue weighted by atomic mass is 9.98. The number of phenolic OH excluding ortho intramolecular Hbond substituents is 1. The molecule has 0 saturated carbocycles. The summed E-state index contributed by atoms with van der Waals surface area (Å²) in [5, 5.41) is 53.2. The SMILES string of the molecule is C.C.C.CN.C[N+](=O)[O-].C[N+](=O)[O-].C[N+](=O)[O-].ClCCCOc1ccccc1.OCC1CCN(CCCOc2ccccc2)CC1.OCC1CCN(CCCOc2ccccc2)CC1.Oc1ccccc1. The molecule has 6 rings (SSSR count). The Bertz CT molecular complexity index is 1610. The number of alkyl halides is 1. The van der Waals surface area contributed by atoms with Crippen molar-refractivity contribution in [3.05, 3.63) is 152 Å². The molecule has 4 aromatic rings. The molecule has 19 heteroatoms. The van der Waals surface area contributed by atoms with Crippen molar-refractivity contribution in [2.45, 2.75) is 67.2 Å². The van der Waals surface area contributed by atoms with Crippen molar-refractivity contribution >= 4 is 11.6 Å². The topological polar surface area (TPSA) is 250 Å². The number of aliphatic hydroxyl groups excluding tert-OH is 2. The highest BCUT2D eigenvalue weighted by Crippen LogP contribution is 2.18. The Labute approximate surface area is 430 Å². The average molecular weight is 1030 g/mol. The van der Waals surface area contributed by atoms with Crippen LogP contribution in [-0.4, -0.2) is 146 Å². The zero-order chi connectivity index (χ0) is 51.0. The highest BCUT2D eigenvalue weighted by Gasteiger charge is 2.18. The van der Waals surface area contributed by atoms with E-state index in [0.29, 0.717) is 43.3 Å². The highest BCUT2D eigenvalue weighted by molar-refractivity contribution is 6.17. The molecular weight excluding hydrogens is 936 g/mol. The van der Waals surface area contributed by atoms with Crippen LogP contribution in [0.4, 0.5) is 0 Å². The number of piperidine rings is 2. The van der Waals surface area contributed by atoms with Crippen LogP contribution in [0.3, 0.4) is 0 Å². The quantitative estimate of drug-likeness (QED) is 0.0353. The van der Waals surface area contributed by atoms with E-state index in [-0.39, 0.29) is 22.3 Å². The van der Waals surface area contributed by atoms with Crippen LogP contribution in [0.1, 0.15) is 67.2 Å². The van der Waals surface area contributed by atoms with Crippen LogP contribution in [0, 0.1) is 42.2 Å². The number of phenols is 1. The van der Waals surface area contributed by atoms with Gasteiger partial charge in [-0.25, -0.2) is 0 Å². The van der Waals surface area contributed by atoms with Crippen molar-refractivity contribution in [2.24, 2.45) is 17.6 Å². The average Bonchev–Trinajstić information content (AvgIpc) is 3.34. The number of nitrogens with zero attached hydrogens (tertiary/aromatic N) is 5. The number of rotatable bonds is 16. The molecule has 0 bridgehead atoms. The summed E-state index contributed by atoms with van der Waals surface area (Å²) < 4.78 is 16.7. The summed E-state index contributed by atoms with van der Waals surface area (Å²) in [6.07, 6.45) is 7.58. The van der Waals surface area contributed by atoms with E-state index in [9.17, 15) is 0 Å². The van der Waals surface area contributed by atoms with Crippen molar-refractivity contribution < 1.29 is 44.3 Å². The summed E-state index contributed by atoms with van der Waals surface area (Å²) in [4.78, 5) is 29.9. The van der Waals surface area contributed by atoms with Gasteiger partial charge in [0.25, 0.3) is 0 Å². The zero-order valence-electron chi connectivity index (χ0n) is 40.3. The van der Waals surface area contributed by atoms with Crippen molar-refractivity contribution in [3.63, 3.8) is 0 Å². The standard InChI is InChI=1S/2C15H23NO2.C9H11ClO.C6H6O.3CH3NO2.CH5N.3CH4/c2*17-13-14-7-10-16(11-8-14)9-4-12-18-15-5-2-1-3-6-15;10-7-4-8-11-9-5-2-1-3-6-9;7-6-4-2-1-3-5-6;3*1-2(3)4;1-2;;;/h2*1-3,5-6,14,17H,4,7-13H2;1-3,5-6H,4,7-8H2;1-5,7H;3*1H3;2H2,1H3;3*1H4. The predicted octanol–water partition coefficient (Wildman–Crippen LogP) is 9.57. The molecule has 2 aliphatic heterocycles. The van der Waals surface area contributed by atoms with Gasteiger partial charge >= 0.3 is 0 Å². The number of benzene rings is 4. The molecule has 2 aliphatic rings. The molecule has 0 unspecified atom stereocenters. The maximum absolute atomic E-state index is 9.08. The molecule has 0 aromatic heterocycles. The second-order valence-corrected chi connectivity index (χ2v) is 15.2. The van der Waals surface area contributed by atoms with Crippen LogP contribution in [-0.2, 0) is 0 Å². The number of aliphatic hydroxyl groups is 2. The normalized spacial score (nSPS) is 12.5. The lowest BCUT2D eigenvalue weighted by Gasteiger charge is -2.30. The maximum atomic E-state index is 9.08. The van der Waals surface area contributed by atoms with Gasteiger partial charge in [-0.15, -0.1) is 11.6 Å². The minimum atomic E-state index is -0.500. The number of nitrogens with two attached hydrogens (primary N) is 1. The summed E-state index contributed by atoms with van der Waals surface area (Å²) in [5.74, 6) is 4.86. The first-order valence-corrected chi connectivity index (χ1v) is 23.1. The van der Waals surface area contributed by atoms with Crippen LogP contribution in [0.15, 0.2) is 121 Å². The Hall–Kier alpha value is -5.63. The van der Waals surface area contributed by atoms with Gasteiger partial charge in [-0.3, -0.25) is 30.3 Å². The van der Waals surface area contributed by atoms with Gasteiger partial charge in [-0.2, -0.15) is 0 Å². The number of ether oxygens (including phenoxy) is 3. The molecule has 0 spiro atoms. The number of likely N-dealkylation sites (tertiary alicyclic amines) is 2. The largest absolute Gasteiger partial charge is 0.508 e. The Kier molecular flexibility index (Phi) is 56.2. The minimum absolute atomic E-state index is 0. The number of para-hydroxylation sites is 4. The van der Waals surface area contributed by atoms with Gasteiger partial charge < -0.3 is 45.1 Å². The van der Waals surface area contributed by atoms with Gasteiger partial charge in [0, 0.05) is 47.0 Å². The molecule has 0 radical (unpaired) electrons. The van der Waals surface area contributed by atoms with Gasteiger partial charge in [-0.05, 0) is 139 Å². The molecule has 2 fully saturated rings. The monoisotopic (exact) mass is 1020 g/mol. The molecule has 4 aromatic carbocycles. The summed E-state index contributed by atoms with van der Waals surface area (Å²) >= 11 is 5.49. The third kappa shape index (κ3) is 52.0. The van der Waals surface area contributed by atoms with E-state index >= 15 is 0 Å². The first-order chi connectivity index (χ1) is 32.8. The predicted molar refractivity (Wildman–Crippen MR) is 290 cm³/mol. The van der Waals surface area contributed by atoms with Crippen molar-refractivity contribution in [1.82, 2.24) is 9.80 Å². The number of aromatic hydroxyl groups is 1. The fourth-order valence-electron chi connectivity index (χ4n) is 5.96. The van der Waals surface area contributed by atoms with Crippen LogP contribution in [0.25, 0.3) is 0 Å². The second-order valence-electron chi connectivity index (χ2n) is 14.8. The lowest BCUT2D eigenvalue weighted by Crippen LogP contribution is -2.35. The number of nitro groups is 3. The third-order valence-electron chi connectivity index (χ3n) is 9.24. The Morgan fingerprint density at radius 3 is 0.972 bits per heavy atom. The van der Waals surface area contributed by atoms with Crippen molar-refractivity contribution in [3.8, 4) is 23.0 Å². The van der Waals surface area contributed by atoms with Gasteiger partial charge in [0.1, 0.15) is 23.0 Å². The molecule has 71 heavy (non-hydrogen) atoms. The Balaban J connectivity index is -0.000000255. The smallest absolute Gasteiger partial charge is 0.194 e. The molecular formula is C52H89ClN6O12. The summed E-state index contributed by atoms with van der Waals surface area (Å²) in [6, 6.07) is 38.4. The van der Waals surface area contributed by atoms with Crippen LogP contribution >= 0.6 is 11.6 Å². The number of hydrogen-bond acceptors (Lipinski definition) is 15. The van der Waals surface area contributed by atoms with E-state index in [1.165, 1.54) is 7.05 Å². The van der Waals surface area contributed by atoms with E-state index < -0.39 is 14.8 Å². The molecule has 0 amide bonds. The zero-order valence-corrected chi connectivity index (χ0v) is 41.1. The van der Waals surface area contributed by atoms with Crippen LogP contribution in [0.5, 0.6) is 23.0 Å². The first kappa shape index (κ1) is 74.3. The summed E-state index contributed by atoms with van der Waals surface area (Å²) in [5.41, 5.74) is 4.50. The first-order valence-electron chi connectivity index (χ1n) is 22.6. The van der Waals surface area contributed by atoms with Gasteiger partial charge in [0.05, 0.1) is 19.8 Å². The van der Waals surface area contributed by atoms with E-state index in [1.807, 2.05) is 97.1 Å². The molecule has 2 saturated heterocycles. The molecule has 0 atom stereocenters. The van der Waals surface area contributed by atoms with Crippen molar-refractivity contribution in [2.75, 3.05) is 106 Å². The molecule has 406 valence electrons. The summed E-state index contributed by atoms with van der Waals surface area (Å²) in [6.45, 7) is 9.66. The fraction of sp³-hybridized carbons (Fsp3) is 0.538. The van der Waals surface area contributed by atoms with E-state index in [1.54, 1.807) is 24.3 Å². The molecule has 0 aliphatic carbocycles. The Morgan fingerprint density at radius 2 is 0.761 bits per heavy atom. The fourth-order valence-corrected chi connectivity index (χ4v) is 6.07. The van der Waals surface area contributed by atoms with Gasteiger partial charge in [0.15, 0.2) is 21.1 Å². The third-order valence-corrected chi connectivity index (χ3v) is 9.51. The minimum Gasteiger partial charge on any atom is -0.508 e. The summed E-state index contributed by atoms with van der Waals surface area (Å²) in [7, 11) is 4.17. The highest BCUT2D eigenvalue weighted by atomic mass is 35.5. The number of hydrogen-bond donors (Lipinski definition) is 4. The Morgan fingerprint density at radius 1 is 0.521 bits per heavy atom. The van der Waals surface area contributed by atoms with Crippen molar-refractivity contribution in [1.29, 1.82) is 0 Å². The van der Waals surface area contributed by atoms with Gasteiger partial charge in [0.2, 0.25) is 0 Å². The second kappa shape index (κ2) is 53.7. The molecule has 2 heterocycles. The lowest BCUT2D eigenvalue weighted by molar-refractivity contribution is -0.445. The molecule has 5 N–H and O–H groups in total. The van der Waals surface area contributed by atoms with Crippen LogP contribution in [0.2, 0.25) is 0 Å². The van der Waals surface area contributed by atoms with Crippen LogP contribution < -0.4 is 19.9 Å². The maximum Gasteiger partial charge on any atom is 0.194 e. The van der Waals surface area contributed by atoms with E-state index in [0.717, 1.165) is 136 Å². The van der Waals surface area contributed by atoms with E-state index in [2.05, 4.69) is 15.5 Å². The van der Waals surface area contributed by atoms with Gasteiger partial charge in [-0.1, -0.05) is 95.1 Å². The van der Waals surface area contributed by atoms with E-state index in [4.69, 9.17) is 71.5 Å². The molecule has 18 nitrogen and oxygen atoms in total. The number of halogens is 1.